The summed E-state index contributed by atoms with van der Waals surface area (Å²) in [7, 11) is 0. The molecule has 126 valence electrons. The molecular formula is C22H21NOS. The lowest BCUT2D eigenvalue weighted by Crippen LogP contribution is -2.19. The maximum atomic E-state index is 13.0. The van der Waals surface area contributed by atoms with Crippen molar-refractivity contribution in [3.05, 3.63) is 95.6 Å². The first-order chi connectivity index (χ1) is 12.1. The molecule has 3 aromatic carbocycles. The van der Waals surface area contributed by atoms with E-state index in [1.807, 2.05) is 79.7 Å². The number of rotatable bonds is 5. The number of hydrogen-bond acceptors (Lipinski definition) is 2. The molecule has 1 amide bonds. The van der Waals surface area contributed by atoms with Gasteiger partial charge in [0.2, 0.25) is 5.91 Å². The topological polar surface area (TPSA) is 29.1 Å². The van der Waals surface area contributed by atoms with Crippen LogP contribution in [0.25, 0.3) is 0 Å². The zero-order chi connectivity index (χ0) is 17.6. The minimum Gasteiger partial charge on any atom is -0.325 e. The summed E-state index contributed by atoms with van der Waals surface area (Å²) in [5.74, 6) is -0.00740. The van der Waals surface area contributed by atoms with Crippen molar-refractivity contribution in [1.82, 2.24) is 0 Å². The molecule has 1 atom stereocenters. The van der Waals surface area contributed by atoms with E-state index in [-0.39, 0.29) is 11.2 Å². The zero-order valence-electron chi connectivity index (χ0n) is 14.4. The number of amides is 1. The molecule has 0 aromatic heterocycles. The van der Waals surface area contributed by atoms with Gasteiger partial charge in [0, 0.05) is 10.6 Å². The molecule has 0 fully saturated rings. The van der Waals surface area contributed by atoms with E-state index >= 15 is 0 Å². The van der Waals surface area contributed by atoms with Gasteiger partial charge < -0.3 is 5.32 Å². The van der Waals surface area contributed by atoms with Crippen LogP contribution < -0.4 is 5.32 Å². The van der Waals surface area contributed by atoms with Crippen LogP contribution in [0, 0.1) is 13.8 Å². The van der Waals surface area contributed by atoms with Gasteiger partial charge in [-0.3, -0.25) is 4.79 Å². The number of carbonyl (C=O) groups excluding carboxylic acids is 1. The van der Waals surface area contributed by atoms with Crippen LogP contribution >= 0.6 is 11.8 Å². The molecule has 0 unspecified atom stereocenters. The smallest absolute Gasteiger partial charge is 0.242 e. The predicted octanol–water partition coefficient (Wildman–Crippen LogP) is 5.78. The molecule has 0 radical (unpaired) electrons. The summed E-state index contributed by atoms with van der Waals surface area (Å²) in [5.41, 5.74) is 4.13. The molecule has 0 aliphatic rings. The van der Waals surface area contributed by atoms with Gasteiger partial charge in [-0.1, -0.05) is 66.2 Å². The molecule has 0 spiro atoms. The van der Waals surface area contributed by atoms with Crippen molar-refractivity contribution in [3.8, 4) is 0 Å². The van der Waals surface area contributed by atoms with Crippen molar-refractivity contribution < 1.29 is 4.79 Å². The van der Waals surface area contributed by atoms with Gasteiger partial charge in [-0.2, -0.15) is 0 Å². The lowest BCUT2D eigenvalue weighted by Gasteiger charge is -2.18. The Morgan fingerprint density at radius 1 is 0.880 bits per heavy atom. The van der Waals surface area contributed by atoms with Crippen LogP contribution in [0.2, 0.25) is 0 Å². The Balaban J connectivity index is 1.87. The minimum atomic E-state index is -0.302. The van der Waals surface area contributed by atoms with E-state index in [4.69, 9.17) is 0 Å². The first kappa shape index (κ1) is 17.3. The van der Waals surface area contributed by atoms with Crippen molar-refractivity contribution in [3.63, 3.8) is 0 Å². The van der Waals surface area contributed by atoms with Crippen molar-refractivity contribution in [1.29, 1.82) is 0 Å². The SMILES string of the molecule is Cc1ccc(NC(=O)[C@H](Sc2ccccc2)c2ccccc2)c(C)c1. The molecule has 3 heteroatoms. The Kier molecular flexibility index (Phi) is 5.56. The summed E-state index contributed by atoms with van der Waals surface area (Å²) in [6.07, 6.45) is 0. The number of thioether (sulfide) groups is 1. The molecule has 2 nitrogen and oxygen atoms in total. The van der Waals surface area contributed by atoms with E-state index in [1.54, 1.807) is 11.8 Å². The minimum absolute atomic E-state index is 0.00740. The van der Waals surface area contributed by atoms with E-state index in [9.17, 15) is 4.79 Å². The fraction of sp³-hybridized carbons (Fsp3) is 0.136. The normalized spacial score (nSPS) is 11.8. The molecule has 0 aliphatic heterocycles. The van der Waals surface area contributed by atoms with E-state index in [0.29, 0.717) is 0 Å². The fourth-order valence-corrected chi connectivity index (χ4v) is 3.73. The highest BCUT2D eigenvalue weighted by Crippen LogP contribution is 2.36. The summed E-state index contributed by atoms with van der Waals surface area (Å²) in [4.78, 5) is 14.1. The first-order valence-electron chi connectivity index (χ1n) is 8.28. The van der Waals surface area contributed by atoms with Crippen molar-refractivity contribution in [2.75, 3.05) is 5.32 Å². The van der Waals surface area contributed by atoms with Crippen LogP contribution in [0.4, 0.5) is 5.69 Å². The second kappa shape index (κ2) is 8.04. The summed E-state index contributed by atoms with van der Waals surface area (Å²) >= 11 is 1.57. The van der Waals surface area contributed by atoms with Crippen LogP contribution in [0.5, 0.6) is 0 Å². The summed E-state index contributed by atoms with van der Waals surface area (Å²) in [6, 6.07) is 26.0. The maximum Gasteiger partial charge on any atom is 0.242 e. The maximum absolute atomic E-state index is 13.0. The molecule has 0 heterocycles. The quantitative estimate of drug-likeness (QED) is 0.593. The van der Waals surface area contributed by atoms with Crippen LogP contribution in [-0.2, 0) is 4.79 Å². The van der Waals surface area contributed by atoms with Gasteiger partial charge in [0.05, 0.1) is 0 Å². The summed E-state index contributed by atoms with van der Waals surface area (Å²) in [5, 5.41) is 2.79. The standard InChI is InChI=1S/C22H21NOS/c1-16-13-14-20(17(2)15-16)23-22(24)21(18-9-5-3-6-10-18)25-19-11-7-4-8-12-19/h3-15,21H,1-2H3,(H,23,24)/t21-/m1/s1. The van der Waals surface area contributed by atoms with Gasteiger partial charge in [-0.05, 0) is 43.2 Å². The second-order valence-electron chi connectivity index (χ2n) is 6.03. The third-order valence-electron chi connectivity index (χ3n) is 3.98. The molecule has 3 aromatic rings. The first-order valence-corrected chi connectivity index (χ1v) is 9.16. The Morgan fingerprint density at radius 3 is 2.16 bits per heavy atom. The third-order valence-corrected chi connectivity index (χ3v) is 5.24. The lowest BCUT2D eigenvalue weighted by molar-refractivity contribution is -0.115. The molecule has 3 rings (SSSR count). The van der Waals surface area contributed by atoms with Crippen molar-refractivity contribution in [2.45, 2.75) is 24.0 Å². The Labute approximate surface area is 153 Å². The van der Waals surface area contributed by atoms with Gasteiger partial charge in [0.1, 0.15) is 5.25 Å². The van der Waals surface area contributed by atoms with E-state index < -0.39 is 0 Å². The Morgan fingerprint density at radius 2 is 1.52 bits per heavy atom. The van der Waals surface area contributed by atoms with Gasteiger partial charge in [-0.25, -0.2) is 0 Å². The molecule has 25 heavy (non-hydrogen) atoms. The molecular weight excluding hydrogens is 326 g/mol. The monoisotopic (exact) mass is 347 g/mol. The van der Waals surface area contributed by atoms with Crippen LogP contribution in [-0.4, -0.2) is 5.91 Å². The molecule has 1 N–H and O–H groups in total. The van der Waals surface area contributed by atoms with Crippen LogP contribution in [0.1, 0.15) is 21.9 Å². The van der Waals surface area contributed by atoms with E-state index in [1.165, 1.54) is 5.56 Å². The van der Waals surface area contributed by atoms with Gasteiger partial charge in [0.15, 0.2) is 0 Å². The van der Waals surface area contributed by atoms with Gasteiger partial charge in [0.25, 0.3) is 0 Å². The van der Waals surface area contributed by atoms with Crippen LogP contribution in [0.3, 0.4) is 0 Å². The Hall–Kier alpha value is -2.52. The second-order valence-corrected chi connectivity index (χ2v) is 7.21. The summed E-state index contributed by atoms with van der Waals surface area (Å²) < 4.78 is 0. The number of nitrogens with one attached hydrogen (secondary N) is 1. The third kappa shape index (κ3) is 4.52. The fourth-order valence-electron chi connectivity index (χ4n) is 2.69. The highest BCUT2D eigenvalue weighted by Gasteiger charge is 2.22. The predicted molar refractivity (Wildman–Crippen MR) is 106 cm³/mol. The zero-order valence-corrected chi connectivity index (χ0v) is 15.2. The number of anilines is 1. The number of hydrogen-bond donors (Lipinski definition) is 1. The summed E-state index contributed by atoms with van der Waals surface area (Å²) in [6.45, 7) is 4.07. The highest BCUT2D eigenvalue weighted by atomic mass is 32.2. The average molecular weight is 347 g/mol. The number of carbonyl (C=O) groups is 1. The van der Waals surface area contributed by atoms with Crippen molar-refractivity contribution in [2.24, 2.45) is 0 Å². The molecule has 0 saturated heterocycles. The van der Waals surface area contributed by atoms with Crippen LogP contribution in [0.15, 0.2) is 83.8 Å². The largest absolute Gasteiger partial charge is 0.325 e. The van der Waals surface area contributed by atoms with Gasteiger partial charge in [-0.15, -0.1) is 11.8 Å². The van der Waals surface area contributed by atoms with Crippen molar-refractivity contribution >= 4 is 23.4 Å². The van der Waals surface area contributed by atoms with E-state index in [2.05, 4.69) is 18.3 Å². The highest BCUT2D eigenvalue weighted by molar-refractivity contribution is 8.00. The number of benzene rings is 3. The van der Waals surface area contributed by atoms with E-state index in [0.717, 1.165) is 21.7 Å². The Bertz CT molecular complexity index is 846. The number of aryl methyl sites for hydroxylation is 2. The average Bonchev–Trinajstić information content (AvgIpc) is 2.63. The van der Waals surface area contributed by atoms with Gasteiger partial charge >= 0.3 is 0 Å². The molecule has 0 saturated carbocycles. The molecule has 0 aliphatic carbocycles. The lowest BCUT2D eigenvalue weighted by atomic mass is 10.1. The molecule has 0 bridgehead atoms.